The first kappa shape index (κ1) is 18.2. The van der Waals surface area contributed by atoms with E-state index in [9.17, 15) is 10.4 Å². The Morgan fingerprint density at radius 2 is 1.88 bits per heavy atom. The van der Waals surface area contributed by atoms with Gasteiger partial charge in [0.25, 0.3) is 0 Å². The Balaban J connectivity index is 2.83. The predicted octanol–water partition coefficient (Wildman–Crippen LogP) is 2.05. The maximum Gasteiger partial charge on any atom is 0.203 e. The molecule has 2 aromatic rings. The molecule has 8 nitrogen and oxygen atoms in total. The van der Waals surface area contributed by atoms with Gasteiger partial charge in [0, 0.05) is 16.7 Å². The van der Waals surface area contributed by atoms with Crippen molar-refractivity contribution in [2.24, 2.45) is 5.16 Å². The number of oxime groups is 1. The van der Waals surface area contributed by atoms with Crippen molar-refractivity contribution in [3.63, 3.8) is 0 Å². The third-order valence-electron chi connectivity index (χ3n) is 3.66. The minimum atomic E-state index is -0.340. The van der Waals surface area contributed by atoms with Gasteiger partial charge in [-0.15, -0.1) is 0 Å². The molecule has 0 spiro atoms. The molecule has 0 saturated heterocycles. The summed E-state index contributed by atoms with van der Waals surface area (Å²) in [7, 11) is 5.94. The number of H-pyrrole nitrogens is 1. The predicted molar refractivity (Wildman–Crippen MR) is 91.1 cm³/mol. The Labute approximate surface area is 145 Å². The van der Waals surface area contributed by atoms with Crippen LogP contribution in [0.1, 0.15) is 17.0 Å². The Morgan fingerprint density at radius 3 is 2.40 bits per heavy atom. The summed E-state index contributed by atoms with van der Waals surface area (Å²) in [6, 6.07) is 5.50. The van der Waals surface area contributed by atoms with Gasteiger partial charge in [0.1, 0.15) is 18.9 Å². The number of aliphatic hydroxyl groups is 1. The van der Waals surface area contributed by atoms with Crippen molar-refractivity contribution in [3.05, 3.63) is 29.1 Å². The molecule has 0 bridgehead atoms. The first-order valence-electron chi connectivity index (χ1n) is 7.28. The number of rotatable bonds is 7. The quantitative estimate of drug-likeness (QED) is 0.587. The van der Waals surface area contributed by atoms with Crippen LogP contribution in [0.25, 0.3) is 11.1 Å². The summed E-state index contributed by atoms with van der Waals surface area (Å²) >= 11 is 0. The van der Waals surface area contributed by atoms with Gasteiger partial charge in [0.05, 0.1) is 39.8 Å². The Hall–Kier alpha value is -3.18. The van der Waals surface area contributed by atoms with Crippen molar-refractivity contribution in [1.82, 2.24) is 4.98 Å². The molecule has 1 aromatic carbocycles. The van der Waals surface area contributed by atoms with Crippen LogP contribution in [0, 0.1) is 11.3 Å². The topological polar surface area (TPSA) is 109 Å². The Kier molecular flexibility index (Phi) is 5.87. The molecule has 0 unspecified atom stereocenters. The van der Waals surface area contributed by atoms with Crippen LogP contribution in [0.4, 0.5) is 0 Å². The third-order valence-corrected chi connectivity index (χ3v) is 3.66. The van der Waals surface area contributed by atoms with E-state index < -0.39 is 0 Å². The van der Waals surface area contributed by atoms with Crippen LogP contribution in [-0.4, -0.2) is 44.7 Å². The zero-order chi connectivity index (χ0) is 18.4. The zero-order valence-corrected chi connectivity index (χ0v) is 14.4. The number of benzene rings is 1. The molecule has 2 N–H and O–H groups in total. The minimum Gasteiger partial charge on any atom is -0.493 e. The highest BCUT2D eigenvalue weighted by Gasteiger charge is 2.24. The number of aliphatic hydroxyl groups excluding tert-OH is 1. The molecule has 8 heteroatoms. The monoisotopic (exact) mass is 345 g/mol. The first-order chi connectivity index (χ1) is 12.2. The van der Waals surface area contributed by atoms with Gasteiger partial charge in [0.2, 0.25) is 5.75 Å². The van der Waals surface area contributed by atoms with Gasteiger partial charge < -0.3 is 29.1 Å². The molecule has 0 fully saturated rings. The molecule has 0 amide bonds. The lowest BCUT2D eigenvalue weighted by Crippen LogP contribution is -1.99. The van der Waals surface area contributed by atoms with Crippen LogP contribution in [0.5, 0.6) is 17.2 Å². The number of nitrogens with one attached hydrogen (secondary N) is 1. The fourth-order valence-corrected chi connectivity index (χ4v) is 2.62. The van der Waals surface area contributed by atoms with E-state index in [0.717, 1.165) is 0 Å². The van der Waals surface area contributed by atoms with E-state index in [4.69, 9.17) is 19.0 Å². The fraction of sp³-hybridized carbons (Fsp3) is 0.294. The van der Waals surface area contributed by atoms with Gasteiger partial charge >= 0.3 is 0 Å². The van der Waals surface area contributed by atoms with Crippen LogP contribution < -0.4 is 14.2 Å². The molecular weight excluding hydrogens is 326 g/mol. The van der Waals surface area contributed by atoms with E-state index in [-0.39, 0.29) is 12.3 Å². The summed E-state index contributed by atoms with van der Waals surface area (Å²) in [5.41, 5.74) is 2.32. The minimum absolute atomic E-state index is 0.229. The highest BCUT2D eigenvalue weighted by molar-refractivity contribution is 5.93. The van der Waals surface area contributed by atoms with Crippen molar-refractivity contribution in [2.45, 2.75) is 6.61 Å². The van der Waals surface area contributed by atoms with Crippen LogP contribution >= 0.6 is 0 Å². The molecule has 132 valence electrons. The molecular formula is C17H19N3O5. The lowest BCUT2D eigenvalue weighted by Gasteiger charge is -2.16. The fourth-order valence-electron chi connectivity index (χ4n) is 2.62. The molecule has 25 heavy (non-hydrogen) atoms. The molecule has 1 heterocycles. The van der Waals surface area contributed by atoms with Crippen molar-refractivity contribution in [3.8, 4) is 34.4 Å². The number of nitriles is 1. The highest BCUT2D eigenvalue weighted by atomic mass is 16.6. The lowest BCUT2D eigenvalue weighted by molar-refractivity contribution is 0.215. The molecule has 1 aromatic heterocycles. The summed E-state index contributed by atoms with van der Waals surface area (Å²) in [5.74, 6) is 1.31. The van der Waals surface area contributed by atoms with Gasteiger partial charge in [-0.05, 0) is 12.1 Å². The second-order valence-electron chi connectivity index (χ2n) is 4.84. The zero-order valence-electron chi connectivity index (χ0n) is 14.4. The summed E-state index contributed by atoms with van der Waals surface area (Å²) in [6.07, 6.45) is 1.42. The lowest BCUT2D eigenvalue weighted by atomic mass is 9.99. The second-order valence-corrected chi connectivity index (χ2v) is 4.84. The molecule has 0 aliphatic rings. The first-order valence-corrected chi connectivity index (χ1v) is 7.28. The highest BCUT2D eigenvalue weighted by Crippen LogP contribution is 2.46. The van der Waals surface area contributed by atoms with Gasteiger partial charge in [-0.1, -0.05) is 5.16 Å². The average molecular weight is 345 g/mol. The second kappa shape index (κ2) is 8.08. The molecule has 0 radical (unpaired) electrons. The van der Waals surface area contributed by atoms with Crippen molar-refractivity contribution >= 4 is 6.21 Å². The largest absolute Gasteiger partial charge is 0.493 e. The van der Waals surface area contributed by atoms with Crippen molar-refractivity contribution in [1.29, 1.82) is 5.26 Å². The van der Waals surface area contributed by atoms with Crippen molar-refractivity contribution < 1.29 is 24.2 Å². The van der Waals surface area contributed by atoms with E-state index >= 15 is 0 Å². The van der Waals surface area contributed by atoms with Gasteiger partial charge in [-0.3, -0.25) is 0 Å². The average Bonchev–Trinajstić information content (AvgIpc) is 3.01. The molecule has 0 atom stereocenters. The van der Waals surface area contributed by atoms with Crippen LogP contribution in [0.2, 0.25) is 0 Å². The number of hydrogen-bond acceptors (Lipinski definition) is 7. The Bertz CT molecular complexity index is 821. The van der Waals surface area contributed by atoms with Gasteiger partial charge in [-0.2, -0.15) is 5.26 Å². The van der Waals surface area contributed by atoms with E-state index in [0.29, 0.717) is 39.6 Å². The van der Waals surface area contributed by atoms with E-state index in [1.165, 1.54) is 34.7 Å². The number of nitrogens with zero attached hydrogens (tertiary/aromatic N) is 2. The maximum absolute atomic E-state index is 9.78. The summed E-state index contributed by atoms with van der Waals surface area (Å²) in [5, 5.41) is 22.8. The number of ether oxygens (including phenoxy) is 3. The molecule has 0 aliphatic carbocycles. The van der Waals surface area contributed by atoms with E-state index in [1.807, 2.05) is 6.07 Å². The number of hydrogen-bond donors (Lipinski definition) is 2. The summed E-state index contributed by atoms with van der Waals surface area (Å²) in [6.45, 7) is -0.340. The normalized spacial score (nSPS) is 10.6. The standard InChI is InChI=1S/C17H19N3O5/c1-22-14-6-5-10(16(23-2)17(14)24-3)15-11(9-21)12(7-18)20-13(15)8-19-25-4/h5-6,8,20-21H,9H2,1-4H3/b19-8+. The summed E-state index contributed by atoms with van der Waals surface area (Å²) in [4.78, 5) is 7.64. The SMILES string of the molecule is CO/N=C/c1[nH]c(C#N)c(CO)c1-c1ccc(OC)c(OC)c1OC. The number of aromatic nitrogens is 1. The molecule has 0 saturated carbocycles. The van der Waals surface area contributed by atoms with Gasteiger partial charge in [0.15, 0.2) is 11.5 Å². The molecule has 2 rings (SSSR count). The van der Waals surface area contributed by atoms with Crippen LogP contribution in [0.3, 0.4) is 0 Å². The van der Waals surface area contributed by atoms with Crippen LogP contribution in [0.15, 0.2) is 17.3 Å². The number of methoxy groups -OCH3 is 3. The molecule has 0 aliphatic heterocycles. The van der Waals surface area contributed by atoms with E-state index in [2.05, 4.69) is 10.1 Å². The maximum atomic E-state index is 9.78. The summed E-state index contributed by atoms with van der Waals surface area (Å²) < 4.78 is 16.2. The van der Waals surface area contributed by atoms with Gasteiger partial charge in [-0.25, -0.2) is 0 Å². The smallest absolute Gasteiger partial charge is 0.203 e. The Morgan fingerprint density at radius 1 is 1.16 bits per heavy atom. The van der Waals surface area contributed by atoms with E-state index in [1.54, 1.807) is 12.1 Å². The van der Waals surface area contributed by atoms with Crippen molar-refractivity contribution in [2.75, 3.05) is 28.4 Å². The number of aromatic amines is 1. The van der Waals surface area contributed by atoms with Crippen LogP contribution in [-0.2, 0) is 11.4 Å². The third kappa shape index (κ3) is 3.22.